The molecule has 0 aliphatic rings. The molecule has 0 spiro atoms. The van der Waals surface area contributed by atoms with Gasteiger partial charge in [0.2, 0.25) is 0 Å². The number of ether oxygens (including phenoxy) is 4. The number of carbonyl (C=O) groups is 6. The number of hydrogen-bond acceptors (Lipinski definition) is 13. The van der Waals surface area contributed by atoms with Crippen LogP contribution in [0, 0.1) is 0 Å². The number of carbonyl (C=O) groups excluding carboxylic acids is 6. The van der Waals surface area contributed by atoms with Crippen molar-refractivity contribution in [2.45, 2.75) is 53.4 Å². The molecule has 15 heteroatoms. The lowest BCUT2D eigenvalue weighted by molar-refractivity contribution is -0.271. The van der Waals surface area contributed by atoms with Crippen molar-refractivity contribution in [2.24, 2.45) is 4.52 Å². The molecule has 0 fully saturated rings. The SMILES string of the molecule is C=C(C)C(=O)OC(OC(=O)C(=C)C)C(OC(=O)C(=C)C)(OC(=O)C(=C)C)P=NP(OC(=O)C(=C)C)OC(=O)C(=C)C. The van der Waals surface area contributed by atoms with Crippen LogP contribution < -0.4 is 0 Å². The maximum atomic E-state index is 12.7. The molecule has 0 unspecified atom stereocenters. The van der Waals surface area contributed by atoms with E-state index in [1.807, 2.05) is 0 Å². The predicted molar refractivity (Wildman–Crippen MR) is 148 cm³/mol. The van der Waals surface area contributed by atoms with Gasteiger partial charge >= 0.3 is 56.2 Å². The monoisotopic (exact) mass is 611 g/mol. The van der Waals surface area contributed by atoms with Crippen molar-refractivity contribution in [3.05, 3.63) is 72.9 Å². The van der Waals surface area contributed by atoms with E-state index >= 15 is 0 Å². The fraction of sp³-hybridized carbons (Fsp3) is 0.308. The van der Waals surface area contributed by atoms with Gasteiger partial charge in [-0.2, -0.15) is 4.52 Å². The lowest BCUT2D eigenvalue weighted by atomic mass is 10.3. The van der Waals surface area contributed by atoms with E-state index in [1.165, 1.54) is 41.5 Å². The molecule has 0 bridgehead atoms. The van der Waals surface area contributed by atoms with Crippen LogP contribution in [0.3, 0.4) is 0 Å². The quantitative estimate of drug-likeness (QED) is 0.105. The second-order valence-electron chi connectivity index (χ2n) is 8.42. The van der Waals surface area contributed by atoms with E-state index in [4.69, 9.17) is 28.0 Å². The molecule has 0 heterocycles. The minimum Gasteiger partial charge on any atom is -0.413 e. The third-order valence-corrected chi connectivity index (χ3v) is 6.13. The highest BCUT2D eigenvalue weighted by atomic mass is 31.2. The number of rotatable bonds is 15. The van der Waals surface area contributed by atoms with Crippen molar-refractivity contribution in [1.29, 1.82) is 0 Å². The summed E-state index contributed by atoms with van der Waals surface area (Å²) < 4.78 is 35.1. The van der Waals surface area contributed by atoms with Gasteiger partial charge in [-0.25, -0.2) is 28.8 Å². The summed E-state index contributed by atoms with van der Waals surface area (Å²) in [6, 6.07) is 0. The number of hydrogen-bond donors (Lipinski definition) is 0. The van der Waals surface area contributed by atoms with Crippen LogP contribution in [0.5, 0.6) is 0 Å². The lowest BCUT2D eigenvalue weighted by Gasteiger charge is -2.33. The summed E-state index contributed by atoms with van der Waals surface area (Å²) >= 11 is 0. The van der Waals surface area contributed by atoms with Crippen LogP contribution >= 0.6 is 16.9 Å². The van der Waals surface area contributed by atoms with Crippen LogP contribution in [0.1, 0.15) is 41.5 Å². The molecule has 0 amide bonds. The van der Waals surface area contributed by atoms with Crippen LogP contribution in [-0.2, 0) is 56.8 Å². The molecule has 0 atom stereocenters. The Morgan fingerprint density at radius 1 is 0.561 bits per heavy atom. The smallest absolute Gasteiger partial charge is 0.413 e. The molecule has 0 aliphatic heterocycles. The van der Waals surface area contributed by atoms with Crippen molar-refractivity contribution in [3.63, 3.8) is 0 Å². The topological polar surface area (TPSA) is 170 Å². The summed E-state index contributed by atoms with van der Waals surface area (Å²) in [6.45, 7) is 28.1. The maximum absolute atomic E-state index is 12.7. The number of nitrogens with zero attached hydrogens (tertiary/aromatic N) is 1. The average molecular weight is 611 g/mol. The average Bonchev–Trinajstić information content (AvgIpc) is 2.85. The highest BCUT2D eigenvalue weighted by molar-refractivity contribution is 7.53. The van der Waals surface area contributed by atoms with E-state index in [2.05, 4.69) is 44.0 Å². The van der Waals surface area contributed by atoms with E-state index < -0.39 is 64.5 Å². The first-order valence-electron chi connectivity index (χ1n) is 11.2. The highest BCUT2D eigenvalue weighted by Crippen LogP contribution is 2.49. The molecule has 0 saturated heterocycles. The Hall–Kier alpha value is -4.21. The van der Waals surface area contributed by atoms with Gasteiger partial charge in [0, 0.05) is 33.4 Å². The van der Waals surface area contributed by atoms with Crippen LogP contribution in [0.15, 0.2) is 77.4 Å². The first-order chi connectivity index (χ1) is 18.7. The summed E-state index contributed by atoms with van der Waals surface area (Å²) in [4.78, 5) is 75.0. The Labute approximate surface area is 240 Å². The molecule has 0 aromatic rings. The zero-order chi connectivity index (χ0) is 32.2. The summed E-state index contributed by atoms with van der Waals surface area (Å²) in [6.07, 6.45) is -2.38. The normalized spacial score (nSPS) is 10.7. The Bertz CT molecular complexity index is 1160. The summed E-state index contributed by atoms with van der Waals surface area (Å²) in [7, 11) is -3.64. The molecule has 222 valence electrons. The second-order valence-corrected chi connectivity index (χ2v) is 10.8. The van der Waals surface area contributed by atoms with E-state index in [1.54, 1.807) is 0 Å². The molecule has 0 aromatic heterocycles. The van der Waals surface area contributed by atoms with E-state index in [0.717, 1.165) is 0 Å². The van der Waals surface area contributed by atoms with Crippen molar-refractivity contribution in [1.82, 2.24) is 0 Å². The first-order valence-corrected chi connectivity index (χ1v) is 13.2. The summed E-state index contributed by atoms with van der Waals surface area (Å²) in [5.41, 5.74) is -4.03. The van der Waals surface area contributed by atoms with E-state index in [9.17, 15) is 28.8 Å². The highest BCUT2D eigenvalue weighted by Gasteiger charge is 2.53. The second kappa shape index (κ2) is 16.2. The third kappa shape index (κ3) is 12.2. The molecule has 41 heavy (non-hydrogen) atoms. The van der Waals surface area contributed by atoms with Crippen LogP contribution in [-0.4, -0.2) is 47.6 Å². The van der Waals surface area contributed by atoms with Gasteiger partial charge in [-0.3, -0.25) is 0 Å². The maximum Gasteiger partial charge on any atom is 0.446 e. The molecule has 0 aromatic carbocycles. The zero-order valence-electron chi connectivity index (χ0n) is 23.6. The minimum atomic E-state index is -2.95. The fourth-order valence-electron chi connectivity index (χ4n) is 1.67. The standard InChI is InChI=1S/C26H31NO12P2/c1-13(2)19(28)34-25(35-20(29)14(3)4)26(36-21(30)15(5)6,37-22(31)16(7)8)40-27-41(38-23(32)17(9)10)39-24(33)18(11)12/h25H,1,3,5,7,9,11H2,2,4,6,8,10,12H3. The van der Waals surface area contributed by atoms with Gasteiger partial charge in [0.05, 0.1) is 0 Å². The molecular weight excluding hydrogens is 580 g/mol. The van der Waals surface area contributed by atoms with Gasteiger partial charge < -0.3 is 28.0 Å². The van der Waals surface area contributed by atoms with E-state index in [-0.39, 0.29) is 33.4 Å². The van der Waals surface area contributed by atoms with Gasteiger partial charge in [-0.05, 0) is 41.5 Å². The third-order valence-electron chi connectivity index (χ3n) is 3.87. The van der Waals surface area contributed by atoms with E-state index in [0.29, 0.717) is 0 Å². The minimum absolute atomic E-state index is 0.104. The van der Waals surface area contributed by atoms with Gasteiger partial charge in [0.15, 0.2) is 0 Å². The van der Waals surface area contributed by atoms with Crippen molar-refractivity contribution >= 4 is 52.7 Å². The summed E-state index contributed by atoms with van der Waals surface area (Å²) in [5.74, 6) is -6.88. The van der Waals surface area contributed by atoms with Crippen molar-refractivity contribution in [2.75, 3.05) is 0 Å². The predicted octanol–water partition coefficient (Wildman–Crippen LogP) is 5.04. The Morgan fingerprint density at radius 2 is 0.854 bits per heavy atom. The van der Waals surface area contributed by atoms with Crippen LogP contribution in [0.25, 0.3) is 0 Å². The fourth-order valence-corrected chi connectivity index (χ4v) is 3.83. The molecule has 0 radical (unpaired) electrons. The Morgan fingerprint density at radius 3 is 1.12 bits per heavy atom. The Kier molecular flexibility index (Phi) is 14.5. The molecule has 0 rings (SSSR count). The molecule has 0 saturated carbocycles. The van der Waals surface area contributed by atoms with Gasteiger partial charge in [-0.15, -0.1) is 0 Å². The summed E-state index contributed by atoms with van der Waals surface area (Å²) in [5, 5.41) is 0. The first kappa shape index (κ1) is 36.8. The van der Waals surface area contributed by atoms with Crippen LogP contribution in [0.2, 0.25) is 0 Å². The number of esters is 4. The molecule has 13 nitrogen and oxygen atoms in total. The van der Waals surface area contributed by atoms with Crippen molar-refractivity contribution < 1.29 is 56.8 Å². The van der Waals surface area contributed by atoms with Gasteiger partial charge in [0.25, 0.3) is 0 Å². The molecule has 0 N–H and O–H groups in total. The van der Waals surface area contributed by atoms with Crippen molar-refractivity contribution in [3.8, 4) is 0 Å². The lowest BCUT2D eigenvalue weighted by Crippen LogP contribution is -2.50. The Balaban J connectivity index is 7.45. The van der Waals surface area contributed by atoms with Gasteiger partial charge in [0.1, 0.15) is 8.37 Å². The largest absolute Gasteiger partial charge is 0.446 e. The zero-order valence-corrected chi connectivity index (χ0v) is 25.3. The molecule has 0 aliphatic carbocycles. The van der Waals surface area contributed by atoms with Crippen LogP contribution in [0.4, 0.5) is 0 Å². The van der Waals surface area contributed by atoms with Gasteiger partial charge in [-0.1, -0.05) is 39.5 Å². The molecular formula is C26H31NO12P2.